The van der Waals surface area contributed by atoms with Crippen LogP contribution in [-0.2, 0) is 9.16 Å². The van der Waals surface area contributed by atoms with Crippen molar-refractivity contribution < 1.29 is 9.16 Å². The van der Waals surface area contributed by atoms with E-state index in [-0.39, 0.29) is 5.41 Å². The third-order valence-corrected chi connectivity index (χ3v) is 4.40. The van der Waals surface area contributed by atoms with E-state index in [1.54, 1.807) is 0 Å². The maximum atomic E-state index is 6.04. The van der Waals surface area contributed by atoms with Crippen LogP contribution in [0.3, 0.4) is 0 Å². The Labute approximate surface area is 79.2 Å². The highest BCUT2D eigenvalue weighted by Gasteiger charge is 2.33. The van der Waals surface area contributed by atoms with Gasteiger partial charge < -0.3 is 9.16 Å². The number of hydrogen-bond donors (Lipinski definition) is 0. The van der Waals surface area contributed by atoms with Gasteiger partial charge in [-0.05, 0) is 38.9 Å². The topological polar surface area (TPSA) is 18.5 Å². The largest absolute Gasteiger partial charge is 0.395 e. The smallest absolute Gasteiger partial charge is 0.187 e. The third-order valence-electron chi connectivity index (χ3n) is 1.95. The van der Waals surface area contributed by atoms with Crippen LogP contribution in [0.4, 0.5) is 0 Å². The van der Waals surface area contributed by atoms with Gasteiger partial charge in [0.25, 0.3) is 0 Å². The van der Waals surface area contributed by atoms with Gasteiger partial charge in [-0.2, -0.15) is 0 Å². The van der Waals surface area contributed by atoms with Crippen molar-refractivity contribution >= 4 is 18.6 Å². The normalized spacial score (nSPS) is 32.2. The molecule has 12 heavy (non-hydrogen) atoms. The van der Waals surface area contributed by atoms with Crippen LogP contribution in [0.1, 0.15) is 19.3 Å². The van der Waals surface area contributed by atoms with E-state index in [0.29, 0.717) is 0 Å². The Bertz CT molecular complexity index is 148. The van der Waals surface area contributed by atoms with E-state index in [1.165, 1.54) is 12.8 Å². The van der Waals surface area contributed by atoms with Crippen LogP contribution in [0.2, 0.25) is 19.6 Å². The molecular weight excluding hydrogens is 184 g/mol. The molecule has 0 saturated carbocycles. The monoisotopic (exact) mass is 204 g/mol. The molecule has 4 heteroatoms. The summed E-state index contributed by atoms with van der Waals surface area (Å²) < 4.78 is 11.8. The molecule has 0 spiro atoms. The minimum atomic E-state index is -1.41. The van der Waals surface area contributed by atoms with Gasteiger partial charge in [0.1, 0.15) is 5.41 Å². The summed E-state index contributed by atoms with van der Waals surface area (Å²) in [7, 11) is -0.406. The van der Waals surface area contributed by atoms with Gasteiger partial charge in [-0.25, -0.2) is 0 Å². The molecule has 1 fully saturated rings. The average Bonchev–Trinajstić information content (AvgIpc) is 1.83. The first-order valence-corrected chi connectivity index (χ1v) is 9.16. The highest BCUT2D eigenvalue weighted by molar-refractivity contribution is 6.70. The van der Waals surface area contributed by atoms with Gasteiger partial charge in [-0.1, -0.05) is 0 Å². The van der Waals surface area contributed by atoms with Crippen molar-refractivity contribution in [3.8, 4) is 0 Å². The third kappa shape index (κ3) is 3.39. The summed E-state index contributed by atoms with van der Waals surface area (Å²) in [6.45, 7) is 7.58. The zero-order chi connectivity index (χ0) is 9.24. The lowest BCUT2D eigenvalue weighted by Crippen LogP contribution is -2.47. The predicted molar refractivity (Wildman–Crippen MR) is 56.9 cm³/mol. The van der Waals surface area contributed by atoms with Crippen LogP contribution < -0.4 is 0 Å². The van der Waals surface area contributed by atoms with E-state index in [0.717, 1.165) is 23.3 Å². The quantitative estimate of drug-likeness (QED) is 0.626. The van der Waals surface area contributed by atoms with Crippen LogP contribution in [0.15, 0.2) is 0 Å². The summed E-state index contributed by atoms with van der Waals surface area (Å²) in [5.74, 6) is 0. The summed E-state index contributed by atoms with van der Waals surface area (Å²) in [6.07, 6.45) is 3.59. The first kappa shape index (κ1) is 10.4. The van der Waals surface area contributed by atoms with Crippen molar-refractivity contribution in [2.24, 2.45) is 0 Å². The molecule has 1 heterocycles. The summed E-state index contributed by atoms with van der Waals surface area (Å²) in [5.41, 5.74) is -0.136. The van der Waals surface area contributed by atoms with Gasteiger partial charge >= 0.3 is 0 Å². The van der Waals surface area contributed by atoms with Crippen molar-refractivity contribution in [2.75, 3.05) is 6.61 Å². The van der Waals surface area contributed by atoms with Crippen molar-refractivity contribution in [1.29, 1.82) is 0 Å². The van der Waals surface area contributed by atoms with E-state index in [2.05, 4.69) is 19.6 Å². The SMILES string of the molecule is C[Si](C)(C)OC1([SiH3])CCCCO1. The molecule has 1 rings (SSSR count). The molecule has 1 saturated heterocycles. The summed E-state index contributed by atoms with van der Waals surface area (Å²) >= 11 is 0. The first-order valence-electron chi connectivity index (χ1n) is 4.75. The molecule has 0 radical (unpaired) electrons. The van der Waals surface area contributed by atoms with Crippen molar-refractivity contribution in [1.82, 2.24) is 0 Å². The second kappa shape index (κ2) is 3.61. The Morgan fingerprint density at radius 3 is 2.42 bits per heavy atom. The van der Waals surface area contributed by atoms with Crippen molar-refractivity contribution in [3.63, 3.8) is 0 Å². The van der Waals surface area contributed by atoms with E-state index in [9.17, 15) is 0 Å². The van der Waals surface area contributed by atoms with Crippen molar-refractivity contribution in [3.05, 3.63) is 0 Å². The zero-order valence-electron chi connectivity index (χ0n) is 8.64. The molecule has 0 aliphatic carbocycles. The van der Waals surface area contributed by atoms with Crippen LogP contribution in [0.5, 0.6) is 0 Å². The fourth-order valence-electron chi connectivity index (χ4n) is 1.64. The lowest BCUT2D eigenvalue weighted by atomic mass is 10.2. The van der Waals surface area contributed by atoms with Crippen LogP contribution in [0, 0.1) is 0 Å². The second-order valence-corrected chi connectivity index (χ2v) is 10.6. The lowest BCUT2D eigenvalue weighted by molar-refractivity contribution is -0.148. The molecule has 1 aliphatic heterocycles. The average molecular weight is 204 g/mol. The molecule has 1 unspecified atom stereocenters. The molecule has 0 N–H and O–H groups in total. The Morgan fingerprint density at radius 1 is 1.33 bits per heavy atom. The summed E-state index contributed by atoms with van der Waals surface area (Å²) in [6, 6.07) is 0. The van der Waals surface area contributed by atoms with E-state index in [4.69, 9.17) is 9.16 Å². The summed E-state index contributed by atoms with van der Waals surface area (Å²) in [4.78, 5) is 0. The summed E-state index contributed by atoms with van der Waals surface area (Å²) in [5, 5.41) is 0. The zero-order valence-corrected chi connectivity index (χ0v) is 11.6. The highest BCUT2D eigenvalue weighted by Crippen LogP contribution is 2.26. The number of ether oxygens (including phenoxy) is 1. The molecule has 1 atom stereocenters. The van der Waals surface area contributed by atoms with Gasteiger partial charge in [0.15, 0.2) is 8.32 Å². The Balaban J connectivity index is 2.47. The minimum absolute atomic E-state index is 0.136. The standard InChI is InChI=1S/C8H20O2Si2/c1-12(2,3)10-8(11)6-4-5-7-9-8/h4-7H2,1-3,11H3. The fourth-order valence-corrected chi connectivity index (χ4v) is 5.49. The maximum absolute atomic E-state index is 6.04. The molecule has 0 bridgehead atoms. The van der Waals surface area contributed by atoms with Crippen molar-refractivity contribution in [2.45, 2.75) is 44.3 Å². The van der Waals surface area contributed by atoms with Gasteiger partial charge in [-0.15, -0.1) is 0 Å². The molecule has 0 aromatic rings. The second-order valence-electron chi connectivity index (χ2n) is 4.65. The molecule has 0 aromatic carbocycles. The van der Waals surface area contributed by atoms with Gasteiger partial charge in [0.2, 0.25) is 0 Å². The van der Waals surface area contributed by atoms with Gasteiger partial charge in [0.05, 0.1) is 10.2 Å². The molecule has 1 aliphatic rings. The minimum Gasteiger partial charge on any atom is -0.395 e. The Morgan fingerprint density at radius 2 is 2.00 bits per heavy atom. The number of hydrogen-bond acceptors (Lipinski definition) is 2. The molecule has 0 amide bonds. The van der Waals surface area contributed by atoms with Gasteiger partial charge in [0, 0.05) is 6.61 Å². The Kier molecular flexibility index (Phi) is 3.14. The number of rotatable bonds is 2. The van der Waals surface area contributed by atoms with Gasteiger partial charge in [-0.3, -0.25) is 0 Å². The highest BCUT2D eigenvalue weighted by atomic mass is 28.4. The molecular formula is C8H20O2Si2. The van der Waals surface area contributed by atoms with Crippen LogP contribution in [0.25, 0.3) is 0 Å². The molecule has 72 valence electrons. The van der Waals surface area contributed by atoms with E-state index >= 15 is 0 Å². The first-order chi connectivity index (χ1) is 5.41. The Hall–Kier alpha value is 0.354. The maximum Gasteiger partial charge on any atom is 0.187 e. The molecule has 0 aromatic heterocycles. The lowest BCUT2D eigenvalue weighted by Gasteiger charge is -2.39. The van der Waals surface area contributed by atoms with E-state index < -0.39 is 8.32 Å². The fraction of sp³-hybridized carbons (Fsp3) is 1.00. The predicted octanol–water partition coefficient (Wildman–Crippen LogP) is 1.06. The van der Waals surface area contributed by atoms with Crippen LogP contribution >= 0.6 is 0 Å². The van der Waals surface area contributed by atoms with E-state index in [1.807, 2.05) is 0 Å². The van der Waals surface area contributed by atoms with Crippen LogP contribution in [-0.4, -0.2) is 30.6 Å². The molecule has 2 nitrogen and oxygen atoms in total.